The van der Waals surface area contributed by atoms with Crippen LogP contribution in [-0.4, -0.2) is 37.7 Å². The van der Waals surface area contributed by atoms with E-state index in [1.54, 1.807) is 20.8 Å². The third kappa shape index (κ3) is 9.40. The predicted octanol–water partition coefficient (Wildman–Crippen LogP) is 3.89. The van der Waals surface area contributed by atoms with Gasteiger partial charge in [-0.3, -0.25) is 10.1 Å². The molecule has 0 unspecified atom stereocenters. The molecule has 0 aliphatic rings. The van der Waals surface area contributed by atoms with Crippen LogP contribution in [0.1, 0.15) is 48.0 Å². The Labute approximate surface area is 140 Å². The molecular formula is C16H31NO5Si. The Morgan fingerprint density at radius 1 is 1.13 bits per heavy atom. The first-order valence-corrected chi connectivity index (χ1v) is 10.6. The lowest BCUT2D eigenvalue weighted by Crippen LogP contribution is -2.42. The fraction of sp³-hybridized carbons (Fsp3) is 0.750. The molecule has 0 atom stereocenters. The van der Waals surface area contributed by atoms with E-state index in [-0.39, 0.29) is 18.1 Å². The number of carboxylic acid groups (broad SMARTS) is 1. The van der Waals surface area contributed by atoms with Gasteiger partial charge >= 0.3 is 12.1 Å². The Morgan fingerprint density at radius 3 is 2.04 bits per heavy atom. The van der Waals surface area contributed by atoms with Crippen LogP contribution in [0.5, 0.6) is 0 Å². The van der Waals surface area contributed by atoms with Crippen molar-refractivity contribution in [3.8, 4) is 0 Å². The third-order valence-electron chi connectivity index (χ3n) is 3.58. The van der Waals surface area contributed by atoms with Gasteiger partial charge in [0.05, 0.1) is 13.0 Å². The Kier molecular flexibility index (Phi) is 7.50. The standard InChI is InChI=1S/C16H31NO5Si/c1-15(2,3)22-14(20)17-12(9-10-13(18)19)11-21-23(7,8)16(4,5)6/h9H,10-11H2,1-8H3,(H,17,20)(H,18,19)/b12-9-. The fourth-order valence-electron chi connectivity index (χ4n) is 1.27. The number of ether oxygens (including phenoxy) is 1. The summed E-state index contributed by atoms with van der Waals surface area (Å²) >= 11 is 0. The van der Waals surface area contributed by atoms with Crippen LogP contribution in [0, 0.1) is 0 Å². The van der Waals surface area contributed by atoms with Crippen molar-refractivity contribution < 1.29 is 23.9 Å². The van der Waals surface area contributed by atoms with Crippen molar-refractivity contribution in [3.05, 3.63) is 11.8 Å². The van der Waals surface area contributed by atoms with Gasteiger partial charge < -0.3 is 14.3 Å². The van der Waals surface area contributed by atoms with Crippen molar-refractivity contribution in [2.45, 2.75) is 71.7 Å². The second-order valence-electron chi connectivity index (χ2n) is 8.00. The molecule has 134 valence electrons. The van der Waals surface area contributed by atoms with Crippen molar-refractivity contribution >= 4 is 20.4 Å². The minimum atomic E-state index is -2.00. The summed E-state index contributed by atoms with van der Waals surface area (Å²) in [5.74, 6) is -0.971. The highest BCUT2D eigenvalue weighted by Crippen LogP contribution is 2.36. The van der Waals surface area contributed by atoms with E-state index >= 15 is 0 Å². The largest absolute Gasteiger partial charge is 0.481 e. The molecule has 0 heterocycles. The molecule has 0 fully saturated rings. The number of carbonyl (C=O) groups excluding carboxylic acids is 1. The SMILES string of the molecule is CC(C)(C)OC(=O)N/C(=C\CC(=O)O)CO[Si](C)(C)C(C)(C)C. The third-order valence-corrected chi connectivity index (χ3v) is 8.06. The number of amides is 1. The van der Waals surface area contributed by atoms with Crippen LogP contribution in [0.2, 0.25) is 18.1 Å². The number of alkyl carbamates (subject to hydrolysis) is 1. The monoisotopic (exact) mass is 345 g/mol. The lowest BCUT2D eigenvalue weighted by atomic mass is 10.2. The molecule has 23 heavy (non-hydrogen) atoms. The van der Waals surface area contributed by atoms with E-state index in [4.69, 9.17) is 14.3 Å². The Morgan fingerprint density at radius 2 is 1.65 bits per heavy atom. The van der Waals surface area contributed by atoms with E-state index in [0.29, 0.717) is 5.70 Å². The van der Waals surface area contributed by atoms with Crippen LogP contribution < -0.4 is 5.32 Å². The summed E-state index contributed by atoms with van der Waals surface area (Å²) in [6.07, 6.45) is 0.638. The topological polar surface area (TPSA) is 84.9 Å². The van der Waals surface area contributed by atoms with E-state index < -0.39 is 26.0 Å². The molecule has 0 aliphatic heterocycles. The summed E-state index contributed by atoms with van der Waals surface area (Å²) in [6, 6.07) is 0. The predicted molar refractivity (Wildman–Crippen MR) is 92.9 cm³/mol. The molecular weight excluding hydrogens is 314 g/mol. The molecule has 0 aromatic carbocycles. The highest BCUT2D eigenvalue weighted by molar-refractivity contribution is 6.74. The van der Waals surface area contributed by atoms with Crippen molar-refractivity contribution in [1.29, 1.82) is 0 Å². The molecule has 2 N–H and O–H groups in total. The number of aliphatic carboxylic acids is 1. The molecule has 0 spiro atoms. The molecule has 0 aromatic rings. The van der Waals surface area contributed by atoms with Crippen LogP contribution in [0.3, 0.4) is 0 Å². The van der Waals surface area contributed by atoms with Gasteiger partial charge in [0, 0.05) is 5.70 Å². The van der Waals surface area contributed by atoms with Gasteiger partial charge in [0.2, 0.25) is 0 Å². The maximum atomic E-state index is 11.9. The molecule has 0 rings (SSSR count). The van der Waals surface area contributed by atoms with E-state index in [1.165, 1.54) is 6.08 Å². The Balaban J connectivity index is 4.94. The van der Waals surface area contributed by atoms with Crippen molar-refractivity contribution in [3.63, 3.8) is 0 Å². The second-order valence-corrected chi connectivity index (χ2v) is 12.8. The second kappa shape index (κ2) is 7.96. The van der Waals surface area contributed by atoms with Gasteiger partial charge in [-0.15, -0.1) is 0 Å². The Hall–Kier alpha value is -1.34. The maximum Gasteiger partial charge on any atom is 0.411 e. The number of rotatable bonds is 6. The smallest absolute Gasteiger partial charge is 0.411 e. The lowest BCUT2D eigenvalue weighted by molar-refractivity contribution is -0.136. The van der Waals surface area contributed by atoms with Gasteiger partial charge in [0.25, 0.3) is 0 Å². The van der Waals surface area contributed by atoms with Crippen molar-refractivity contribution in [2.75, 3.05) is 6.61 Å². The first-order valence-electron chi connectivity index (χ1n) is 7.69. The molecule has 0 saturated carbocycles. The van der Waals surface area contributed by atoms with Crippen molar-refractivity contribution in [1.82, 2.24) is 5.32 Å². The summed E-state index contributed by atoms with van der Waals surface area (Å²) in [4.78, 5) is 22.6. The molecule has 0 radical (unpaired) electrons. The number of hydrogen-bond donors (Lipinski definition) is 2. The van der Waals surface area contributed by atoms with Crippen molar-refractivity contribution in [2.24, 2.45) is 0 Å². The summed E-state index contributed by atoms with van der Waals surface area (Å²) in [6.45, 7) is 16.0. The van der Waals surface area contributed by atoms with E-state index in [2.05, 4.69) is 39.2 Å². The zero-order valence-corrected chi connectivity index (χ0v) is 16.6. The molecule has 7 heteroatoms. The molecule has 0 aliphatic carbocycles. The van der Waals surface area contributed by atoms with Gasteiger partial charge in [0.15, 0.2) is 8.32 Å². The van der Waals surface area contributed by atoms with Crippen LogP contribution in [0.15, 0.2) is 11.8 Å². The molecule has 0 saturated heterocycles. The summed E-state index contributed by atoms with van der Waals surface area (Å²) < 4.78 is 11.2. The minimum absolute atomic E-state index is 0.0246. The van der Waals surface area contributed by atoms with Crippen LogP contribution in [0.25, 0.3) is 0 Å². The number of carboxylic acids is 1. The van der Waals surface area contributed by atoms with E-state index in [9.17, 15) is 9.59 Å². The first kappa shape index (κ1) is 21.7. The van der Waals surface area contributed by atoms with Gasteiger partial charge in [0.1, 0.15) is 5.60 Å². The number of hydrogen-bond acceptors (Lipinski definition) is 4. The highest BCUT2D eigenvalue weighted by atomic mass is 28.4. The summed E-state index contributed by atoms with van der Waals surface area (Å²) in [7, 11) is -2.00. The molecule has 0 aromatic heterocycles. The molecule has 6 nitrogen and oxygen atoms in total. The van der Waals surface area contributed by atoms with Gasteiger partial charge in [-0.25, -0.2) is 4.79 Å². The average molecular weight is 346 g/mol. The Bertz CT molecular complexity index is 458. The van der Waals surface area contributed by atoms with Gasteiger partial charge in [-0.2, -0.15) is 0 Å². The molecule has 1 amide bonds. The zero-order chi connectivity index (χ0) is 18.5. The van der Waals surface area contributed by atoms with Crippen LogP contribution in [-0.2, 0) is 14.0 Å². The quantitative estimate of drug-likeness (QED) is 0.713. The minimum Gasteiger partial charge on any atom is -0.481 e. The van der Waals surface area contributed by atoms with Crippen LogP contribution in [0.4, 0.5) is 4.79 Å². The fourth-order valence-corrected chi connectivity index (χ4v) is 2.22. The first-order chi connectivity index (χ1) is 10.1. The van der Waals surface area contributed by atoms with Gasteiger partial charge in [-0.1, -0.05) is 26.8 Å². The maximum absolute atomic E-state index is 11.9. The summed E-state index contributed by atoms with van der Waals surface area (Å²) in [5, 5.41) is 11.4. The zero-order valence-electron chi connectivity index (χ0n) is 15.6. The lowest BCUT2D eigenvalue weighted by Gasteiger charge is -2.36. The normalized spacial score (nSPS) is 13.7. The van der Waals surface area contributed by atoms with E-state index in [1.807, 2.05) is 0 Å². The summed E-state index contributed by atoms with van der Waals surface area (Å²) in [5.41, 5.74) is -0.214. The van der Waals surface area contributed by atoms with Gasteiger partial charge in [-0.05, 0) is 38.9 Å². The average Bonchev–Trinajstić information content (AvgIpc) is 2.28. The molecule has 0 bridgehead atoms. The van der Waals surface area contributed by atoms with Crippen LogP contribution >= 0.6 is 0 Å². The van der Waals surface area contributed by atoms with E-state index in [0.717, 1.165) is 0 Å². The number of nitrogens with one attached hydrogen (secondary N) is 1. The highest BCUT2D eigenvalue weighted by Gasteiger charge is 2.37. The number of carbonyl (C=O) groups is 2.